The van der Waals surface area contributed by atoms with E-state index in [0.29, 0.717) is 6.42 Å². The lowest BCUT2D eigenvalue weighted by Gasteiger charge is -2.08. The van der Waals surface area contributed by atoms with Gasteiger partial charge in [-0.2, -0.15) is 10.5 Å². The number of nitrogens with zero attached hydrogens (tertiary/aromatic N) is 4. The van der Waals surface area contributed by atoms with Crippen LogP contribution in [0.4, 0.5) is 0 Å². The zero-order chi connectivity index (χ0) is 11.8. The van der Waals surface area contributed by atoms with Crippen molar-refractivity contribution in [2.75, 3.05) is 14.1 Å². The Hall–Kier alpha value is -2.08. The van der Waals surface area contributed by atoms with E-state index in [1.807, 2.05) is 0 Å². The zero-order valence-electron chi connectivity index (χ0n) is 8.73. The maximum absolute atomic E-state index is 11.1. The molecule has 0 bridgehead atoms. The van der Waals surface area contributed by atoms with Crippen LogP contribution < -0.4 is 0 Å². The number of carbonyl (C=O) groups is 2. The molecule has 0 unspecified atom stereocenters. The van der Waals surface area contributed by atoms with Gasteiger partial charge >= 0.3 is 0 Å². The van der Waals surface area contributed by atoms with Gasteiger partial charge in [-0.25, -0.2) is 0 Å². The van der Waals surface area contributed by atoms with Crippen molar-refractivity contribution in [2.24, 2.45) is 0 Å². The Kier molecular flexibility index (Phi) is 5.50. The zero-order valence-corrected chi connectivity index (χ0v) is 8.73. The summed E-state index contributed by atoms with van der Waals surface area (Å²) < 4.78 is 0. The predicted octanol–water partition coefficient (Wildman–Crippen LogP) is 0.0357. The van der Waals surface area contributed by atoms with Gasteiger partial charge in [-0.1, -0.05) is 0 Å². The van der Waals surface area contributed by atoms with Crippen molar-refractivity contribution in [2.45, 2.75) is 19.3 Å². The maximum Gasteiger partial charge on any atom is 0.235 e. The van der Waals surface area contributed by atoms with E-state index in [2.05, 4.69) is 0 Å². The minimum atomic E-state index is -0.329. The smallest absolute Gasteiger partial charge is 0.235 e. The Morgan fingerprint density at radius 1 is 1.00 bits per heavy atom. The minimum Gasteiger partial charge on any atom is -0.274 e. The van der Waals surface area contributed by atoms with Crippen LogP contribution in [-0.2, 0) is 9.59 Å². The van der Waals surface area contributed by atoms with Crippen LogP contribution in [-0.4, -0.2) is 35.7 Å². The van der Waals surface area contributed by atoms with Crippen molar-refractivity contribution in [3.05, 3.63) is 0 Å². The molecule has 0 saturated carbocycles. The van der Waals surface area contributed by atoms with Crippen LogP contribution in [0.25, 0.3) is 0 Å². The van der Waals surface area contributed by atoms with Crippen LogP contribution in [0.2, 0.25) is 0 Å². The third kappa shape index (κ3) is 4.63. The lowest BCUT2D eigenvalue weighted by Crippen LogP contribution is -2.23. The molecule has 0 heterocycles. The second-order valence-corrected chi connectivity index (χ2v) is 2.96. The molecule has 0 fully saturated rings. The first kappa shape index (κ1) is 12.9. The molecule has 15 heavy (non-hydrogen) atoms. The van der Waals surface area contributed by atoms with Gasteiger partial charge in [0.05, 0.1) is 0 Å². The lowest BCUT2D eigenvalue weighted by atomic mass is 10.2. The van der Waals surface area contributed by atoms with Crippen molar-refractivity contribution in [3.63, 3.8) is 0 Å². The Morgan fingerprint density at radius 3 is 1.60 bits per heavy atom. The van der Waals surface area contributed by atoms with Crippen molar-refractivity contribution < 1.29 is 9.59 Å². The minimum absolute atomic E-state index is 0.134. The molecule has 0 spiro atoms. The van der Waals surface area contributed by atoms with Crippen molar-refractivity contribution in [1.82, 2.24) is 9.80 Å². The fourth-order valence-electron chi connectivity index (χ4n) is 0.838. The molecule has 2 amide bonds. The van der Waals surface area contributed by atoms with Gasteiger partial charge in [-0.05, 0) is 6.42 Å². The first-order valence-electron chi connectivity index (χ1n) is 4.35. The molecule has 0 aliphatic heterocycles. The summed E-state index contributed by atoms with van der Waals surface area (Å²) in [7, 11) is 2.73. The Labute approximate surface area is 88.3 Å². The molecule has 0 aromatic heterocycles. The quantitative estimate of drug-likeness (QED) is 0.481. The SMILES string of the molecule is CN(C#N)C(=O)CCCC(=O)N(C)C#N. The number of rotatable bonds is 4. The second kappa shape index (κ2) is 6.39. The summed E-state index contributed by atoms with van der Waals surface area (Å²) in [5.74, 6) is -0.658. The van der Waals surface area contributed by atoms with Gasteiger partial charge in [-0.3, -0.25) is 19.4 Å². The lowest BCUT2D eigenvalue weighted by molar-refractivity contribution is -0.128. The van der Waals surface area contributed by atoms with Crippen molar-refractivity contribution in [3.8, 4) is 12.4 Å². The molecule has 0 aromatic rings. The monoisotopic (exact) mass is 208 g/mol. The molecule has 0 rings (SSSR count). The largest absolute Gasteiger partial charge is 0.274 e. The number of hydrogen-bond acceptors (Lipinski definition) is 4. The molecule has 6 heteroatoms. The summed E-state index contributed by atoms with van der Waals surface area (Å²) in [6.07, 6.45) is 3.96. The molecule has 0 radical (unpaired) electrons. The van der Waals surface area contributed by atoms with Gasteiger partial charge in [0.2, 0.25) is 11.8 Å². The van der Waals surface area contributed by atoms with Crippen LogP contribution in [0.3, 0.4) is 0 Å². The molecule has 80 valence electrons. The third-order valence-corrected chi connectivity index (χ3v) is 1.83. The Bertz CT molecular complexity index is 294. The Balaban J connectivity index is 3.83. The van der Waals surface area contributed by atoms with E-state index in [0.717, 1.165) is 9.80 Å². The van der Waals surface area contributed by atoms with Crippen LogP contribution in [0.1, 0.15) is 19.3 Å². The summed E-state index contributed by atoms with van der Waals surface area (Å²) in [5.41, 5.74) is 0. The highest BCUT2D eigenvalue weighted by atomic mass is 16.2. The van der Waals surface area contributed by atoms with Gasteiger partial charge in [0, 0.05) is 26.9 Å². The van der Waals surface area contributed by atoms with Crippen LogP contribution in [0, 0.1) is 22.9 Å². The van der Waals surface area contributed by atoms with Crippen LogP contribution in [0.15, 0.2) is 0 Å². The molecule has 0 N–H and O–H groups in total. The highest BCUT2D eigenvalue weighted by molar-refractivity contribution is 5.80. The van der Waals surface area contributed by atoms with Crippen LogP contribution >= 0.6 is 0 Å². The first-order valence-corrected chi connectivity index (χ1v) is 4.35. The molecular formula is C9H12N4O2. The summed E-state index contributed by atoms with van der Waals surface area (Å²) in [6.45, 7) is 0. The first-order chi connectivity index (χ1) is 7.02. The molecule has 0 saturated heterocycles. The fraction of sp³-hybridized carbons (Fsp3) is 0.556. The molecular weight excluding hydrogens is 196 g/mol. The Morgan fingerprint density at radius 2 is 1.33 bits per heavy atom. The van der Waals surface area contributed by atoms with Gasteiger partial charge in [-0.15, -0.1) is 0 Å². The molecule has 0 aromatic carbocycles. The van der Waals surface area contributed by atoms with Gasteiger partial charge in [0.25, 0.3) is 0 Å². The normalized spacial score (nSPS) is 8.53. The second-order valence-electron chi connectivity index (χ2n) is 2.96. The fourth-order valence-corrected chi connectivity index (χ4v) is 0.838. The van der Waals surface area contributed by atoms with Crippen molar-refractivity contribution >= 4 is 11.8 Å². The highest BCUT2D eigenvalue weighted by Gasteiger charge is 2.11. The average Bonchev–Trinajstić information content (AvgIpc) is 2.26. The summed E-state index contributed by atoms with van der Waals surface area (Å²) in [6, 6.07) is 0. The molecule has 0 aliphatic rings. The van der Waals surface area contributed by atoms with E-state index < -0.39 is 0 Å². The summed E-state index contributed by atoms with van der Waals surface area (Å²) in [4.78, 5) is 24.0. The summed E-state index contributed by atoms with van der Waals surface area (Å²) >= 11 is 0. The third-order valence-electron chi connectivity index (χ3n) is 1.83. The van der Waals surface area contributed by atoms with Crippen molar-refractivity contribution in [1.29, 1.82) is 10.5 Å². The highest BCUT2D eigenvalue weighted by Crippen LogP contribution is 2.01. The maximum atomic E-state index is 11.1. The number of nitriles is 2. The van der Waals surface area contributed by atoms with Gasteiger partial charge in [0.15, 0.2) is 12.4 Å². The molecule has 6 nitrogen and oxygen atoms in total. The number of carbonyl (C=O) groups excluding carboxylic acids is 2. The average molecular weight is 208 g/mol. The van der Waals surface area contributed by atoms with E-state index in [1.165, 1.54) is 14.1 Å². The predicted molar refractivity (Wildman–Crippen MR) is 50.6 cm³/mol. The van der Waals surface area contributed by atoms with E-state index in [9.17, 15) is 9.59 Å². The standard InChI is InChI=1S/C9H12N4O2/c1-12(6-10)8(14)4-3-5-9(15)13(2)7-11/h3-5H2,1-2H3. The van der Waals surface area contributed by atoms with E-state index >= 15 is 0 Å². The van der Waals surface area contributed by atoms with E-state index in [4.69, 9.17) is 10.5 Å². The van der Waals surface area contributed by atoms with Crippen LogP contribution in [0.5, 0.6) is 0 Å². The summed E-state index contributed by atoms with van der Waals surface area (Å²) in [5, 5.41) is 16.8. The number of amides is 2. The molecule has 0 atom stereocenters. The van der Waals surface area contributed by atoms with Gasteiger partial charge < -0.3 is 0 Å². The molecule has 0 aliphatic carbocycles. The van der Waals surface area contributed by atoms with E-state index in [-0.39, 0.29) is 24.7 Å². The van der Waals surface area contributed by atoms with Gasteiger partial charge in [0.1, 0.15) is 0 Å². The number of hydrogen-bond donors (Lipinski definition) is 0. The van der Waals surface area contributed by atoms with E-state index in [1.54, 1.807) is 12.4 Å². The topological polar surface area (TPSA) is 88.2 Å².